The van der Waals surface area contributed by atoms with E-state index in [1.165, 1.54) is 19.2 Å². The van der Waals surface area contributed by atoms with Gasteiger partial charge < -0.3 is 4.74 Å². The van der Waals surface area contributed by atoms with Crippen LogP contribution in [0.1, 0.15) is 30.6 Å². The zero-order chi connectivity index (χ0) is 14.5. The number of rotatable bonds is 7. The number of benzene rings is 1. The monoisotopic (exact) mass is 285 g/mol. The first-order chi connectivity index (χ1) is 8.90. The molecule has 0 aliphatic heterocycles. The molecule has 0 saturated carbocycles. The molecule has 0 saturated heterocycles. The average Bonchev–Trinajstić information content (AvgIpc) is 2.44. The van der Waals surface area contributed by atoms with Crippen molar-refractivity contribution in [2.45, 2.75) is 31.3 Å². The van der Waals surface area contributed by atoms with E-state index in [1.54, 1.807) is 26.0 Å². The highest BCUT2D eigenvalue weighted by Crippen LogP contribution is 2.13. The minimum absolute atomic E-state index is 0.0812. The van der Waals surface area contributed by atoms with Gasteiger partial charge in [0.1, 0.15) is 0 Å². The Morgan fingerprint density at radius 2 is 2.11 bits per heavy atom. The van der Waals surface area contributed by atoms with Crippen LogP contribution in [0.4, 0.5) is 0 Å². The first-order valence-corrected chi connectivity index (χ1v) is 7.54. The molecule has 0 bridgehead atoms. The van der Waals surface area contributed by atoms with Crippen LogP contribution in [0.2, 0.25) is 0 Å². The number of ether oxygens (including phenoxy) is 1. The summed E-state index contributed by atoms with van der Waals surface area (Å²) in [6.07, 6.45) is 0.132. The molecule has 1 N–H and O–H groups in total. The van der Waals surface area contributed by atoms with Crippen LogP contribution >= 0.6 is 0 Å². The molecule has 0 radical (unpaired) electrons. The molecular weight excluding hydrogens is 266 g/mol. The number of ketones is 1. The molecule has 1 rings (SSSR count). The lowest BCUT2D eigenvalue weighted by Gasteiger charge is -2.11. The number of sulfonamides is 1. The van der Waals surface area contributed by atoms with E-state index in [2.05, 4.69) is 4.72 Å². The maximum absolute atomic E-state index is 12.0. The van der Waals surface area contributed by atoms with E-state index < -0.39 is 10.0 Å². The van der Waals surface area contributed by atoms with Crippen LogP contribution in [0.5, 0.6) is 0 Å². The Kier molecular flexibility index (Phi) is 5.65. The summed E-state index contributed by atoms with van der Waals surface area (Å²) >= 11 is 0. The SMILES string of the molecule is CCC(=O)c1cccc(S(=O)(=O)NCC(C)OC)c1. The van der Waals surface area contributed by atoms with Gasteiger partial charge in [-0.05, 0) is 19.1 Å². The van der Waals surface area contributed by atoms with Gasteiger partial charge in [0.2, 0.25) is 10.0 Å². The summed E-state index contributed by atoms with van der Waals surface area (Å²) in [5.74, 6) is -0.0812. The van der Waals surface area contributed by atoms with E-state index >= 15 is 0 Å². The molecule has 5 nitrogen and oxygen atoms in total. The van der Waals surface area contributed by atoms with Crippen molar-refractivity contribution in [3.63, 3.8) is 0 Å². The summed E-state index contributed by atoms with van der Waals surface area (Å²) < 4.78 is 31.5. The van der Waals surface area contributed by atoms with Gasteiger partial charge in [-0.25, -0.2) is 13.1 Å². The van der Waals surface area contributed by atoms with Crippen molar-refractivity contribution in [3.05, 3.63) is 29.8 Å². The van der Waals surface area contributed by atoms with Crippen LogP contribution in [0.15, 0.2) is 29.2 Å². The predicted molar refractivity (Wildman–Crippen MR) is 72.7 cm³/mol. The number of carbonyl (C=O) groups is 1. The Morgan fingerprint density at radius 1 is 1.42 bits per heavy atom. The lowest BCUT2D eigenvalue weighted by Crippen LogP contribution is -2.31. The number of Topliss-reactive ketones (excluding diaryl/α,β-unsaturated/α-hetero) is 1. The standard InChI is InChI=1S/C13H19NO4S/c1-4-13(15)11-6-5-7-12(8-11)19(16,17)14-9-10(2)18-3/h5-8,10,14H,4,9H2,1-3H3. The van der Waals surface area contributed by atoms with E-state index in [1.807, 2.05) is 0 Å². The van der Waals surface area contributed by atoms with Crippen molar-refractivity contribution in [3.8, 4) is 0 Å². The molecule has 0 aliphatic carbocycles. The van der Waals surface area contributed by atoms with E-state index in [9.17, 15) is 13.2 Å². The Balaban J connectivity index is 2.92. The molecule has 19 heavy (non-hydrogen) atoms. The largest absolute Gasteiger partial charge is 0.380 e. The highest BCUT2D eigenvalue weighted by atomic mass is 32.2. The van der Waals surface area contributed by atoms with E-state index in [-0.39, 0.29) is 23.3 Å². The van der Waals surface area contributed by atoms with Gasteiger partial charge in [-0.3, -0.25) is 4.79 Å². The van der Waals surface area contributed by atoms with E-state index in [4.69, 9.17) is 4.74 Å². The van der Waals surface area contributed by atoms with Gasteiger partial charge in [-0.15, -0.1) is 0 Å². The lowest BCUT2D eigenvalue weighted by molar-refractivity contribution is 0.0988. The number of carbonyl (C=O) groups excluding carboxylic acids is 1. The summed E-state index contributed by atoms with van der Waals surface area (Å²) in [7, 11) is -2.10. The number of methoxy groups -OCH3 is 1. The first-order valence-electron chi connectivity index (χ1n) is 6.06. The quantitative estimate of drug-likeness (QED) is 0.772. The summed E-state index contributed by atoms with van der Waals surface area (Å²) in [5, 5.41) is 0. The summed E-state index contributed by atoms with van der Waals surface area (Å²) in [4.78, 5) is 11.7. The third-order valence-electron chi connectivity index (χ3n) is 2.75. The zero-order valence-corrected chi connectivity index (χ0v) is 12.2. The molecule has 0 spiro atoms. The normalized spacial score (nSPS) is 13.2. The second kappa shape index (κ2) is 6.79. The fraction of sp³-hybridized carbons (Fsp3) is 0.462. The smallest absolute Gasteiger partial charge is 0.240 e. The highest BCUT2D eigenvalue weighted by molar-refractivity contribution is 7.89. The Labute approximate surface area is 114 Å². The first kappa shape index (κ1) is 15.8. The Morgan fingerprint density at radius 3 is 2.68 bits per heavy atom. The van der Waals surface area contributed by atoms with Crippen LogP contribution in [-0.2, 0) is 14.8 Å². The molecule has 6 heteroatoms. The molecule has 0 amide bonds. The van der Waals surface area contributed by atoms with Gasteiger partial charge in [-0.1, -0.05) is 19.1 Å². The Hall–Kier alpha value is -1.24. The van der Waals surface area contributed by atoms with Crippen LogP contribution in [0.25, 0.3) is 0 Å². The van der Waals surface area contributed by atoms with E-state index in [0.717, 1.165) is 0 Å². The molecule has 1 unspecified atom stereocenters. The molecule has 0 fully saturated rings. The third kappa shape index (κ3) is 4.41. The topological polar surface area (TPSA) is 72.5 Å². The predicted octanol–water partition coefficient (Wildman–Crippen LogP) is 1.59. The van der Waals surface area contributed by atoms with Gasteiger partial charge >= 0.3 is 0 Å². The van der Waals surface area contributed by atoms with Crippen molar-refractivity contribution in [1.29, 1.82) is 0 Å². The highest BCUT2D eigenvalue weighted by Gasteiger charge is 2.16. The van der Waals surface area contributed by atoms with Crippen molar-refractivity contribution in [1.82, 2.24) is 4.72 Å². The maximum atomic E-state index is 12.0. The summed E-state index contributed by atoms with van der Waals surface area (Å²) in [5.41, 5.74) is 0.408. The molecule has 1 aromatic carbocycles. The summed E-state index contributed by atoms with van der Waals surface area (Å²) in [6, 6.07) is 6.04. The van der Waals surface area contributed by atoms with Crippen LogP contribution in [0.3, 0.4) is 0 Å². The minimum Gasteiger partial charge on any atom is -0.380 e. The molecular formula is C13H19NO4S. The lowest BCUT2D eigenvalue weighted by atomic mass is 10.1. The number of hydrogen-bond acceptors (Lipinski definition) is 4. The molecule has 0 heterocycles. The second-order valence-corrected chi connectivity index (χ2v) is 5.97. The van der Waals surface area contributed by atoms with Gasteiger partial charge in [0.15, 0.2) is 5.78 Å². The third-order valence-corrected chi connectivity index (χ3v) is 4.17. The number of hydrogen-bond donors (Lipinski definition) is 1. The van der Waals surface area contributed by atoms with Crippen molar-refractivity contribution >= 4 is 15.8 Å². The fourth-order valence-corrected chi connectivity index (χ4v) is 2.60. The van der Waals surface area contributed by atoms with Gasteiger partial charge in [0.05, 0.1) is 11.0 Å². The van der Waals surface area contributed by atoms with Crippen LogP contribution in [-0.4, -0.2) is 34.0 Å². The van der Waals surface area contributed by atoms with Gasteiger partial charge in [0, 0.05) is 25.6 Å². The van der Waals surface area contributed by atoms with Crippen LogP contribution < -0.4 is 4.72 Å². The molecule has 1 aromatic rings. The molecule has 0 aromatic heterocycles. The second-order valence-electron chi connectivity index (χ2n) is 4.20. The maximum Gasteiger partial charge on any atom is 0.240 e. The minimum atomic E-state index is -3.61. The van der Waals surface area contributed by atoms with Crippen molar-refractivity contribution < 1.29 is 17.9 Å². The molecule has 0 aliphatic rings. The van der Waals surface area contributed by atoms with Crippen molar-refractivity contribution in [2.75, 3.05) is 13.7 Å². The molecule has 106 valence electrons. The Bertz CT molecular complexity index is 539. The number of nitrogens with one attached hydrogen (secondary N) is 1. The molecule has 1 atom stereocenters. The zero-order valence-electron chi connectivity index (χ0n) is 11.3. The van der Waals surface area contributed by atoms with Gasteiger partial charge in [0.25, 0.3) is 0 Å². The average molecular weight is 285 g/mol. The van der Waals surface area contributed by atoms with E-state index in [0.29, 0.717) is 12.0 Å². The summed E-state index contributed by atoms with van der Waals surface area (Å²) in [6.45, 7) is 3.69. The fourth-order valence-electron chi connectivity index (χ4n) is 1.43. The van der Waals surface area contributed by atoms with Crippen molar-refractivity contribution in [2.24, 2.45) is 0 Å². The van der Waals surface area contributed by atoms with Crippen LogP contribution in [0, 0.1) is 0 Å². The van der Waals surface area contributed by atoms with Gasteiger partial charge in [-0.2, -0.15) is 0 Å².